The highest BCUT2D eigenvalue weighted by Gasteiger charge is 2.11. The summed E-state index contributed by atoms with van der Waals surface area (Å²) in [5, 5.41) is 17.0. The molecule has 8 heteroatoms. The van der Waals surface area contributed by atoms with Crippen LogP contribution in [-0.4, -0.2) is 32.5 Å². The van der Waals surface area contributed by atoms with Crippen molar-refractivity contribution < 1.29 is 0 Å². The molecule has 0 saturated heterocycles. The maximum Gasteiger partial charge on any atom is 0.225 e. The Bertz CT molecular complexity index is 1110. The van der Waals surface area contributed by atoms with Crippen molar-refractivity contribution in [2.45, 2.75) is 6.42 Å². The summed E-state index contributed by atoms with van der Waals surface area (Å²) in [4.78, 5) is 10.7. The smallest absolute Gasteiger partial charge is 0.225 e. The second-order valence-corrected chi connectivity index (χ2v) is 8.13. The Hall–Kier alpha value is -2.58. The number of hydrogen-bond acceptors (Lipinski definition) is 7. The zero-order chi connectivity index (χ0) is 17.3. The summed E-state index contributed by atoms with van der Waals surface area (Å²) in [6.07, 6.45) is 5.25. The first-order valence-corrected chi connectivity index (χ1v) is 10.2. The molecule has 0 aliphatic carbocycles. The second kappa shape index (κ2) is 6.62. The average molecular weight is 381 g/mol. The Morgan fingerprint density at radius 2 is 2.19 bits per heavy atom. The van der Waals surface area contributed by atoms with E-state index < -0.39 is 0 Å². The lowest BCUT2D eigenvalue weighted by Crippen LogP contribution is -2.07. The minimum absolute atomic E-state index is 0.649. The second-order valence-electron chi connectivity index (χ2n) is 5.99. The number of hydrogen-bond donors (Lipinski definition) is 3. The van der Waals surface area contributed by atoms with Crippen LogP contribution in [0.5, 0.6) is 0 Å². The van der Waals surface area contributed by atoms with E-state index >= 15 is 0 Å². The molecule has 0 atom stereocenters. The number of thiophene rings is 1. The first-order chi connectivity index (χ1) is 12.8. The van der Waals surface area contributed by atoms with Crippen LogP contribution < -0.4 is 10.6 Å². The van der Waals surface area contributed by atoms with Crippen LogP contribution in [0, 0.1) is 0 Å². The van der Waals surface area contributed by atoms with Crippen molar-refractivity contribution in [2.24, 2.45) is 0 Å². The lowest BCUT2D eigenvalue weighted by atomic mass is 10.2. The lowest BCUT2D eigenvalue weighted by Gasteiger charge is -2.10. The van der Waals surface area contributed by atoms with E-state index in [1.165, 1.54) is 10.7 Å². The molecule has 4 heterocycles. The highest BCUT2D eigenvalue weighted by molar-refractivity contribution is 8.03. The predicted molar refractivity (Wildman–Crippen MR) is 110 cm³/mol. The fraction of sp³-hybridized carbons (Fsp3) is 0.167. The number of aromatic amines is 1. The molecular weight excluding hydrogens is 364 g/mol. The fourth-order valence-electron chi connectivity index (χ4n) is 2.94. The molecule has 0 spiro atoms. The van der Waals surface area contributed by atoms with Gasteiger partial charge in [-0.1, -0.05) is 6.08 Å². The predicted octanol–water partition coefficient (Wildman–Crippen LogP) is 4.74. The Kier molecular flexibility index (Phi) is 3.99. The summed E-state index contributed by atoms with van der Waals surface area (Å²) >= 11 is 3.54. The Morgan fingerprint density at radius 3 is 3.12 bits per heavy atom. The van der Waals surface area contributed by atoms with E-state index in [9.17, 15) is 0 Å². The zero-order valence-electron chi connectivity index (χ0n) is 13.8. The van der Waals surface area contributed by atoms with Gasteiger partial charge >= 0.3 is 0 Å². The molecule has 0 bridgehead atoms. The fourth-order valence-corrected chi connectivity index (χ4v) is 4.63. The van der Waals surface area contributed by atoms with Gasteiger partial charge in [-0.25, -0.2) is 4.98 Å². The molecule has 3 N–H and O–H groups in total. The van der Waals surface area contributed by atoms with E-state index in [0.717, 1.165) is 45.6 Å². The molecule has 3 aromatic heterocycles. The number of fused-ring (bicyclic) bond motifs is 2. The zero-order valence-corrected chi connectivity index (χ0v) is 15.5. The van der Waals surface area contributed by atoms with E-state index in [2.05, 4.69) is 38.0 Å². The topological polar surface area (TPSA) is 78.5 Å². The van der Waals surface area contributed by atoms with Crippen LogP contribution in [0.1, 0.15) is 6.42 Å². The number of thioether (sulfide) groups is 1. The lowest BCUT2D eigenvalue weighted by molar-refractivity contribution is 1.12. The molecule has 1 aromatic carbocycles. The van der Waals surface area contributed by atoms with Crippen LogP contribution in [0.25, 0.3) is 21.1 Å². The molecule has 1 aliphatic heterocycles. The van der Waals surface area contributed by atoms with Crippen molar-refractivity contribution in [2.75, 3.05) is 22.9 Å². The minimum Gasteiger partial charge on any atom is -0.350 e. The number of anilines is 3. The highest BCUT2D eigenvalue weighted by Crippen LogP contribution is 2.31. The van der Waals surface area contributed by atoms with Crippen LogP contribution in [0.2, 0.25) is 0 Å². The molecule has 0 fully saturated rings. The molecule has 0 amide bonds. The Balaban J connectivity index is 1.45. The number of allylic oxidation sites excluding steroid dienone is 1. The summed E-state index contributed by atoms with van der Waals surface area (Å²) in [6.45, 7) is 0.779. The largest absolute Gasteiger partial charge is 0.350 e. The molecule has 0 unspecified atom stereocenters. The van der Waals surface area contributed by atoms with E-state index in [1.54, 1.807) is 11.3 Å². The SMILES string of the molecule is C1=C(CNc2nc(Nc3ccc4[nH]ncc4c3)c3sccc3n2)SCC1. The number of nitrogens with one attached hydrogen (secondary N) is 3. The molecule has 130 valence electrons. The third-order valence-electron chi connectivity index (χ3n) is 4.20. The van der Waals surface area contributed by atoms with Gasteiger partial charge in [0.05, 0.1) is 21.9 Å². The maximum atomic E-state index is 4.71. The Labute approximate surface area is 158 Å². The third-order valence-corrected chi connectivity index (χ3v) is 6.24. The number of rotatable bonds is 5. The van der Waals surface area contributed by atoms with Crippen LogP contribution >= 0.6 is 23.1 Å². The van der Waals surface area contributed by atoms with Gasteiger partial charge in [0.1, 0.15) is 0 Å². The Morgan fingerprint density at radius 1 is 1.19 bits per heavy atom. The molecule has 0 saturated carbocycles. The van der Waals surface area contributed by atoms with Gasteiger partial charge in [-0.05, 0) is 36.1 Å². The van der Waals surface area contributed by atoms with Crippen LogP contribution in [0.4, 0.5) is 17.5 Å². The van der Waals surface area contributed by atoms with Crippen LogP contribution in [0.15, 0.2) is 46.8 Å². The number of H-pyrrole nitrogens is 1. The van der Waals surface area contributed by atoms with E-state index in [1.807, 2.05) is 41.5 Å². The van der Waals surface area contributed by atoms with E-state index in [4.69, 9.17) is 4.98 Å². The first kappa shape index (κ1) is 15.7. The van der Waals surface area contributed by atoms with Crippen LogP contribution in [0.3, 0.4) is 0 Å². The molecule has 5 rings (SSSR count). The molecule has 0 radical (unpaired) electrons. The molecule has 4 aromatic rings. The van der Waals surface area contributed by atoms with Gasteiger partial charge in [-0.3, -0.25) is 5.10 Å². The average Bonchev–Trinajstić information content (AvgIpc) is 3.40. The van der Waals surface area contributed by atoms with Gasteiger partial charge in [0.2, 0.25) is 5.95 Å². The summed E-state index contributed by atoms with van der Waals surface area (Å²) < 4.78 is 1.05. The van der Waals surface area contributed by atoms with E-state index in [-0.39, 0.29) is 0 Å². The van der Waals surface area contributed by atoms with Crippen molar-refractivity contribution in [3.8, 4) is 0 Å². The number of aromatic nitrogens is 4. The van der Waals surface area contributed by atoms with Gasteiger partial charge in [-0.15, -0.1) is 23.1 Å². The molecule has 26 heavy (non-hydrogen) atoms. The normalized spacial score (nSPS) is 14.1. The van der Waals surface area contributed by atoms with Gasteiger partial charge < -0.3 is 10.6 Å². The van der Waals surface area contributed by atoms with Crippen molar-refractivity contribution >= 4 is 61.7 Å². The van der Waals surface area contributed by atoms with Gasteiger partial charge in [0.15, 0.2) is 5.82 Å². The summed E-state index contributed by atoms with van der Waals surface area (Å²) in [5.74, 6) is 2.64. The molecule has 1 aliphatic rings. The van der Waals surface area contributed by atoms with Gasteiger partial charge in [0, 0.05) is 28.3 Å². The third kappa shape index (κ3) is 3.02. The van der Waals surface area contributed by atoms with Crippen molar-refractivity contribution in [3.63, 3.8) is 0 Å². The molecular formula is C18H16N6S2. The molecule has 6 nitrogen and oxygen atoms in total. The summed E-state index contributed by atoms with van der Waals surface area (Å²) in [7, 11) is 0. The van der Waals surface area contributed by atoms with Crippen molar-refractivity contribution in [3.05, 3.63) is 46.8 Å². The number of nitrogens with zero attached hydrogens (tertiary/aromatic N) is 3. The summed E-state index contributed by atoms with van der Waals surface area (Å²) in [5.41, 5.74) is 2.95. The van der Waals surface area contributed by atoms with Crippen molar-refractivity contribution in [1.82, 2.24) is 20.2 Å². The number of benzene rings is 1. The quantitative estimate of drug-likeness (QED) is 0.464. The van der Waals surface area contributed by atoms with E-state index in [0.29, 0.717) is 5.95 Å². The highest BCUT2D eigenvalue weighted by atomic mass is 32.2. The summed E-state index contributed by atoms with van der Waals surface area (Å²) in [6, 6.07) is 8.13. The monoisotopic (exact) mass is 380 g/mol. The first-order valence-electron chi connectivity index (χ1n) is 8.36. The standard InChI is InChI=1S/C18H16N6S2/c1-2-13(25-6-1)10-19-18-22-15-5-7-26-16(15)17(23-18)21-12-3-4-14-11(8-12)9-20-24-14/h2-5,7-9H,1,6,10H2,(H,20,24)(H2,19,21,22,23). The maximum absolute atomic E-state index is 4.71. The van der Waals surface area contributed by atoms with Crippen molar-refractivity contribution in [1.29, 1.82) is 0 Å². The van der Waals surface area contributed by atoms with Gasteiger partial charge in [0.25, 0.3) is 0 Å². The van der Waals surface area contributed by atoms with Gasteiger partial charge in [-0.2, -0.15) is 10.1 Å². The minimum atomic E-state index is 0.649. The van der Waals surface area contributed by atoms with Crippen LogP contribution in [-0.2, 0) is 0 Å².